The first kappa shape index (κ1) is 20.5. The Hall–Kier alpha value is -3.24. The van der Waals surface area contributed by atoms with Gasteiger partial charge >= 0.3 is 0 Å². The van der Waals surface area contributed by atoms with Crippen LogP contribution in [0.4, 0.5) is 11.5 Å². The molecule has 4 rings (SSSR count). The number of halogens is 1. The van der Waals surface area contributed by atoms with Crippen LogP contribution in [0.1, 0.15) is 29.8 Å². The van der Waals surface area contributed by atoms with E-state index in [2.05, 4.69) is 40.4 Å². The zero-order valence-electron chi connectivity index (χ0n) is 16.6. The minimum Gasteiger partial charge on any atom is -0.338 e. The van der Waals surface area contributed by atoms with Crippen molar-refractivity contribution in [2.24, 2.45) is 0 Å². The molecule has 0 amide bonds. The highest BCUT2D eigenvalue weighted by Crippen LogP contribution is 2.33. The van der Waals surface area contributed by atoms with E-state index in [1.807, 2.05) is 44.2 Å². The van der Waals surface area contributed by atoms with E-state index >= 15 is 0 Å². The SMILES string of the molecule is CC.Cc1c(Nc2nccc3c(Cl)c(C=O)cnc23)cccc1-c1ccccc1. The molecule has 146 valence electrons. The summed E-state index contributed by atoms with van der Waals surface area (Å²) in [5, 5.41) is 4.44. The van der Waals surface area contributed by atoms with Crippen LogP contribution >= 0.6 is 11.6 Å². The largest absolute Gasteiger partial charge is 0.338 e. The highest BCUT2D eigenvalue weighted by molar-refractivity contribution is 6.37. The average Bonchev–Trinajstić information content (AvgIpc) is 2.78. The zero-order chi connectivity index (χ0) is 20.8. The van der Waals surface area contributed by atoms with Gasteiger partial charge in [-0.05, 0) is 35.7 Å². The van der Waals surface area contributed by atoms with Gasteiger partial charge in [0.05, 0.1) is 10.6 Å². The summed E-state index contributed by atoms with van der Waals surface area (Å²) >= 11 is 6.33. The molecule has 4 aromatic rings. The molecule has 0 unspecified atom stereocenters. The van der Waals surface area contributed by atoms with Gasteiger partial charge in [-0.2, -0.15) is 0 Å². The number of carbonyl (C=O) groups excluding carboxylic acids is 1. The van der Waals surface area contributed by atoms with Crippen molar-refractivity contribution in [2.75, 3.05) is 5.32 Å². The van der Waals surface area contributed by atoms with Gasteiger partial charge in [-0.3, -0.25) is 9.78 Å². The van der Waals surface area contributed by atoms with E-state index in [-0.39, 0.29) is 0 Å². The maximum Gasteiger partial charge on any atom is 0.157 e. The Kier molecular flexibility index (Phi) is 6.57. The van der Waals surface area contributed by atoms with Gasteiger partial charge in [0.15, 0.2) is 12.1 Å². The van der Waals surface area contributed by atoms with Gasteiger partial charge in [0, 0.05) is 23.5 Å². The lowest BCUT2D eigenvalue weighted by Crippen LogP contribution is -2.00. The molecule has 29 heavy (non-hydrogen) atoms. The van der Waals surface area contributed by atoms with Crippen molar-refractivity contribution in [3.63, 3.8) is 0 Å². The van der Waals surface area contributed by atoms with E-state index in [0.717, 1.165) is 22.4 Å². The van der Waals surface area contributed by atoms with Crippen molar-refractivity contribution in [1.82, 2.24) is 9.97 Å². The molecule has 0 saturated carbocycles. The Balaban J connectivity index is 0.00000117. The van der Waals surface area contributed by atoms with Crippen molar-refractivity contribution >= 4 is 40.3 Å². The van der Waals surface area contributed by atoms with Gasteiger partial charge in [0.25, 0.3) is 0 Å². The molecule has 0 radical (unpaired) electrons. The molecule has 5 heteroatoms. The summed E-state index contributed by atoms with van der Waals surface area (Å²) in [5.41, 5.74) is 5.34. The molecule has 2 heterocycles. The predicted molar refractivity (Wildman–Crippen MR) is 121 cm³/mol. The van der Waals surface area contributed by atoms with Crippen molar-refractivity contribution in [2.45, 2.75) is 20.8 Å². The lowest BCUT2D eigenvalue weighted by atomic mass is 9.99. The molecule has 0 aliphatic heterocycles. The fourth-order valence-electron chi connectivity index (χ4n) is 3.11. The second-order valence-electron chi connectivity index (χ2n) is 6.17. The van der Waals surface area contributed by atoms with Gasteiger partial charge in [-0.25, -0.2) is 4.98 Å². The van der Waals surface area contributed by atoms with Crippen molar-refractivity contribution in [1.29, 1.82) is 0 Å². The first-order valence-electron chi connectivity index (χ1n) is 9.49. The summed E-state index contributed by atoms with van der Waals surface area (Å²) in [7, 11) is 0. The number of pyridine rings is 2. The number of aromatic nitrogens is 2. The van der Waals surface area contributed by atoms with Gasteiger partial charge in [0.2, 0.25) is 0 Å². The third kappa shape index (κ3) is 4.13. The Morgan fingerprint density at radius 2 is 1.72 bits per heavy atom. The molecule has 1 N–H and O–H groups in total. The second-order valence-corrected chi connectivity index (χ2v) is 6.55. The van der Waals surface area contributed by atoms with Gasteiger partial charge < -0.3 is 5.32 Å². The molecule has 2 aromatic carbocycles. The van der Waals surface area contributed by atoms with Crippen molar-refractivity contribution in [3.8, 4) is 11.1 Å². The van der Waals surface area contributed by atoms with Crippen molar-refractivity contribution in [3.05, 3.63) is 83.1 Å². The second kappa shape index (κ2) is 9.30. The van der Waals surface area contributed by atoms with Crippen LogP contribution in [0.3, 0.4) is 0 Å². The van der Waals surface area contributed by atoms with E-state index in [1.54, 1.807) is 12.3 Å². The van der Waals surface area contributed by atoms with Crippen LogP contribution in [0.2, 0.25) is 5.02 Å². The Labute approximate surface area is 175 Å². The van der Waals surface area contributed by atoms with Crippen LogP contribution in [-0.4, -0.2) is 16.3 Å². The summed E-state index contributed by atoms with van der Waals surface area (Å²) in [6.07, 6.45) is 3.83. The minimum absolute atomic E-state index is 0.364. The van der Waals surface area contributed by atoms with Gasteiger partial charge in [-0.15, -0.1) is 0 Å². The molecule has 0 spiro atoms. The monoisotopic (exact) mass is 403 g/mol. The summed E-state index contributed by atoms with van der Waals surface area (Å²) in [6.45, 7) is 6.07. The smallest absolute Gasteiger partial charge is 0.157 e. The summed E-state index contributed by atoms with van der Waals surface area (Å²) in [6, 6.07) is 18.1. The Morgan fingerprint density at radius 3 is 2.45 bits per heavy atom. The van der Waals surface area contributed by atoms with E-state index in [0.29, 0.717) is 33.6 Å². The Morgan fingerprint density at radius 1 is 0.966 bits per heavy atom. The lowest BCUT2D eigenvalue weighted by Gasteiger charge is -2.14. The topological polar surface area (TPSA) is 54.9 Å². The van der Waals surface area contributed by atoms with E-state index in [1.165, 1.54) is 6.20 Å². The number of carbonyl (C=O) groups is 1. The molecule has 0 aliphatic carbocycles. The highest BCUT2D eigenvalue weighted by Gasteiger charge is 2.12. The van der Waals surface area contributed by atoms with E-state index in [9.17, 15) is 4.79 Å². The molecule has 0 aliphatic rings. The summed E-state index contributed by atoms with van der Waals surface area (Å²) < 4.78 is 0. The number of nitrogens with zero attached hydrogens (tertiary/aromatic N) is 2. The van der Waals surface area contributed by atoms with Crippen LogP contribution in [0, 0.1) is 6.92 Å². The first-order chi connectivity index (χ1) is 14.2. The third-order valence-electron chi connectivity index (χ3n) is 4.55. The summed E-state index contributed by atoms with van der Waals surface area (Å²) in [4.78, 5) is 19.9. The van der Waals surface area contributed by atoms with Gasteiger partial charge in [-0.1, -0.05) is 67.9 Å². The molecular formula is C24H22ClN3O. The standard InChI is InChI=1S/C22H16ClN3O.C2H6/c1-14-17(15-6-3-2-4-7-15)8-5-9-19(14)26-22-21-18(10-11-24-22)20(23)16(13-27)12-25-21;1-2/h2-13H,1H3,(H,24,26);1-2H3. The number of hydrogen-bond acceptors (Lipinski definition) is 4. The number of nitrogens with one attached hydrogen (secondary N) is 1. The average molecular weight is 404 g/mol. The van der Waals surface area contributed by atoms with Crippen molar-refractivity contribution < 1.29 is 4.79 Å². The highest BCUT2D eigenvalue weighted by atomic mass is 35.5. The molecular weight excluding hydrogens is 382 g/mol. The normalized spacial score (nSPS) is 10.2. The molecule has 0 atom stereocenters. The number of hydrogen-bond donors (Lipinski definition) is 1. The minimum atomic E-state index is 0.364. The molecule has 0 fully saturated rings. The summed E-state index contributed by atoms with van der Waals surface area (Å²) in [5.74, 6) is 0.597. The van der Waals surface area contributed by atoms with Gasteiger partial charge in [0.1, 0.15) is 5.52 Å². The number of fused-ring (bicyclic) bond motifs is 1. The zero-order valence-corrected chi connectivity index (χ0v) is 17.4. The Bertz CT molecular complexity index is 1140. The first-order valence-corrected chi connectivity index (χ1v) is 9.87. The van der Waals surface area contributed by atoms with Crippen LogP contribution in [-0.2, 0) is 0 Å². The fraction of sp³-hybridized carbons (Fsp3) is 0.125. The number of aldehydes is 1. The van der Waals surface area contributed by atoms with E-state index in [4.69, 9.17) is 11.6 Å². The van der Waals surface area contributed by atoms with E-state index < -0.39 is 0 Å². The molecule has 0 bridgehead atoms. The number of benzene rings is 2. The molecule has 4 nitrogen and oxygen atoms in total. The number of anilines is 2. The van der Waals surface area contributed by atoms with Crippen LogP contribution in [0.25, 0.3) is 22.0 Å². The quantitative estimate of drug-likeness (QED) is 0.379. The molecule has 2 aromatic heterocycles. The maximum absolute atomic E-state index is 11.1. The van der Waals surface area contributed by atoms with Crippen LogP contribution in [0.5, 0.6) is 0 Å². The predicted octanol–water partition coefficient (Wildman–Crippen LogP) is 6.84. The fourth-order valence-corrected chi connectivity index (χ4v) is 3.36. The van der Waals surface area contributed by atoms with Crippen LogP contribution in [0.15, 0.2) is 67.0 Å². The number of rotatable bonds is 4. The third-order valence-corrected chi connectivity index (χ3v) is 4.97. The van der Waals surface area contributed by atoms with Crippen LogP contribution < -0.4 is 5.32 Å². The molecule has 0 saturated heterocycles. The lowest BCUT2D eigenvalue weighted by molar-refractivity contribution is 0.112. The maximum atomic E-state index is 11.1.